The van der Waals surface area contributed by atoms with E-state index in [1.807, 2.05) is 26.0 Å². The Morgan fingerprint density at radius 1 is 1.30 bits per heavy atom. The van der Waals surface area contributed by atoms with Crippen molar-refractivity contribution in [3.05, 3.63) is 57.6 Å². The minimum absolute atomic E-state index is 0.124. The molecule has 23 heavy (non-hydrogen) atoms. The monoisotopic (exact) mass is 376 g/mol. The number of aromatic hydroxyl groups is 1. The Bertz CT molecular complexity index is 721. The smallest absolute Gasteiger partial charge is 0.277 e. The third-order valence-corrected chi connectivity index (χ3v) is 3.50. The number of ether oxygens (including phenoxy) is 1. The van der Waals surface area contributed by atoms with Crippen LogP contribution in [0.4, 0.5) is 0 Å². The molecule has 0 radical (unpaired) electrons. The molecule has 0 unspecified atom stereocenters. The average molecular weight is 377 g/mol. The number of phenols is 1. The lowest BCUT2D eigenvalue weighted by atomic mass is 10.1. The molecule has 0 aliphatic heterocycles. The molecule has 1 amide bonds. The van der Waals surface area contributed by atoms with Gasteiger partial charge in [-0.25, -0.2) is 5.43 Å². The van der Waals surface area contributed by atoms with Crippen LogP contribution in [0.1, 0.15) is 16.7 Å². The quantitative estimate of drug-likeness (QED) is 0.621. The molecule has 0 aliphatic carbocycles. The first-order valence-electron chi connectivity index (χ1n) is 6.96. The molecule has 0 aromatic heterocycles. The van der Waals surface area contributed by atoms with Crippen molar-refractivity contribution in [2.45, 2.75) is 13.8 Å². The zero-order valence-corrected chi connectivity index (χ0v) is 14.4. The van der Waals surface area contributed by atoms with Gasteiger partial charge in [0, 0.05) is 4.47 Å². The van der Waals surface area contributed by atoms with E-state index in [2.05, 4.69) is 26.5 Å². The molecule has 0 heterocycles. The lowest BCUT2D eigenvalue weighted by Crippen LogP contribution is -2.25. The van der Waals surface area contributed by atoms with Crippen molar-refractivity contribution in [1.29, 1.82) is 0 Å². The van der Waals surface area contributed by atoms with E-state index in [0.29, 0.717) is 11.3 Å². The number of rotatable bonds is 5. The van der Waals surface area contributed by atoms with Gasteiger partial charge in [0.05, 0.1) is 6.21 Å². The Labute approximate surface area is 143 Å². The van der Waals surface area contributed by atoms with Gasteiger partial charge in [0.1, 0.15) is 11.5 Å². The molecule has 5 nitrogen and oxygen atoms in total. The number of amides is 1. The van der Waals surface area contributed by atoms with Crippen LogP contribution in [0.5, 0.6) is 11.5 Å². The number of phenolic OH excluding ortho intramolecular Hbond substituents is 1. The summed E-state index contributed by atoms with van der Waals surface area (Å²) >= 11 is 3.42. The summed E-state index contributed by atoms with van der Waals surface area (Å²) in [5, 5.41) is 13.2. The molecule has 0 aliphatic rings. The third-order valence-electron chi connectivity index (χ3n) is 3.05. The second-order valence-electron chi connectivity index (χ2n) is 5.05. The van der Waals surface area contributed by atoms with Crippen molar-refractivity contribution >= 4 is 28.1 Å². The summed E-state index contributed by atoms with van der Waals surface area (Å²) in [5.41, 5.74) is 4.98. The van der Waals surface area contributed by atoms with Gasteiger partial charge < -0.3 is 9.84 Å². The van der Waals surface area contributed by atoms with Crippen LogP contribution in [-0.4, -0.2) is 23.8 Å². The number of nitrogens with one attached hydrogen (secondary N) is 1. The molecule has 0 fully saturated rings. The molecule has 120 valence electrons. The van der Waals surface area contributed by atoms with Gasteiger partial charge >= 0.3 is 0 Å². The molecule has 2 N–H and O–H groups in total. The zero-order chi connectivity index (χ0) is 16.8. The van der Waals surface area contributed by atoms with Crippen LogP contribution < -0.4 is 10.2 Å². The van der Waals surface area contributed by atoms with Gasteiger partial charge in [0.2, 0.25) is 0 Å². The topological polar surface area (TPSA) is 70.9 Å². The van der Waals surface area contributed by atoms with Crippen LogP contribution >= 0.6 is 15.9 Å². The highest BCUT2D eigenvalue weighted by Crippen LogP contribution is 2.27. The standard InChI is InChI=1S/C17H17BrN2O3/c1-11-6-14(18)7-12(2)17(11)23-10-16(22)20-19-9-13-4-3-5-15(21)8-13/h3-9,21H,10H2,1-2H3,(H,20,22)/b19-9+. The van der Waals surface area contributed by atoms with E-state index in [0.717, 1.165) is 15.6 Å². The molecule has 2 aromatic rings. The van der Waals surface area contributed by atoms with Crippen molar-refractivity contribution < 1.29 is 14.6 Å². The van der Waals surface area contributed by atoms with Crippen molar-refractivity contribution in [3.8, 4) is 11.5 Å². The Kier molecular flexibility index (Phi) is 5.76. The molecule has 0 atom stereocenters. The van der Waals surface area contributed by atoms with E-state index >= 15 is 0 Å². The van der Waals surface area contributed by atoms with Crippen LogP contribution in [-0.2, 0) is 4.79 Å². The molecular weight excluding hydrogens is 360 g/mol. The number of halogens is 1. The van der Waals surface area contributed by atoms with Gasteiger partial charge in [-0.15, -0.1) is 0 Å². The first kappa shape index (κ1) is 17.0. The SMILES string of the molecule is Cc1cc(Br)cc(C)c1OCC(=O)N/N=C/c1cccc(O)c1. The zero-order valence-electron chi connectivity index (χ0n) is 12.8. The van der Waals surface area contributed by atoms with Gasteiger partial charge in [0.15, 0.2) is 6.61 Å². The van der Waals surface area contributed by atoms with Crippen molar-refractivity contribution in [1.82, 2.24) is 5.43 Å². The molecule has 2 aromatic carbocycles. The minimum atomic E-state index is -0.358. The maximum atomic E-state index is 11.8. The summed E-state index contributed by atoms with van der Waals surface area (Å²) in [6.45, 7) is 3.72. The Hall–Kier alpha value is -2.34. The number of aryl methyl sites for hydroxylation is 2. The van der Waals surface area contributed by atoms with E-state index in [1.54, 1.807) is 24.3 Å². The minimum Gasteiger partial charge on any atom is -0.508 e. The predicted molar refractivity (Wildman–Crippen MR) is 93.0 cm³/mol. The van der Waals surface area contributed by atoms with Gasteiger partial charge in [-0.2, -0.15) is 5.10 Å². The summed E-state index contributed by atoms with van der Waals surface area (Å²) in [6, 6.07) is 10.4. The van der Waals surface area contributed by atoms with Crippen LogP contribution in [0.25, 0.3) is 0 Å². The highest BCUT2D eigenvalue weighted by atomic mass is 79.9. The van der Waals surface area contributed by atoms with Crippen LogP contribution in [0.3, 0.4) is 0 Å². The maximum Gasteiger partial charge on any atom is 0.277 e. The van der Waals surface area contributed by atoms with Gasteiger partial charge in [-0.05, 0) is 54.8 Å². The van der Waals surface area contributed by atoms with E-state index < -0.39 is 0 Å². The molecule has 0 saturated heterocycles. The lowest BCUT2D eigenvalue weighted by molar-refractivity contribution is -0.123. The maximum absolute atomic E-state index is 11.8. The predicted octanol–water partition coefficient (Wildman–Crippen LogP) is 3.30. The summed E-state index contributed by atoms with van der Waals surface area (Å²) in [7, 11) is 0. The van der Waals surface area contributed by atoms with Crippen molar-refractivity contribution in [2.24, 2.45) is 5.10 Å². The fraction of sp³-hybridized carbons (Fsp3) is 0.176. The number of hydrogen-bond donors (Lipinski definition) is 2. The third kappa shape index (κ3) is 5.10. The largest absolute Gasteiger partial charge is 0.508 e. The highest BCUT2D eigenvalue weighted by molar-refractivity contribution is 9.10. The van der Waals surface area contributed by atoms with Crippen LogP contribution in [0, 0.1) is 13.8 Å². The summed E-state index contributed by atoms with van der Waals surface area (Å²) in [4.78, 5) is 11.8. The number of carbonyl (C=O) groups is 1. The van der Waals surface area contributed by atoms with E-state index in [-0.39, 0.29) is 18.3 Å². The van der Waals surface area contributed by atoms with Crippen LogP contribution in [0.15, 0.2) is 46.0 Å². The second kappa shape index (κ2) is 7.78. The number of hydrogen-bond acceptors (Lipinski definition) is 4. The van der Waals surface area contributed by atoms with Crippen molar-refractivity contribution in [3.63, 3.8) is 0 Å². The average Bonchev–Trinajstić information content (AvgIpc) is 2.46. The molecule has 0 spiro atoms. The first-order valence-corrected chi connectivity index (χ1v) is 7.75. The summed E-state index contributed by atoms with van der Waals surface area (Å²) in [6.07, 6.45) is 1.45. The van der Waals surface area contributed by atoms with E-state index in [1.165, 1.54) is 6.21 Å². The highest BCUT2D eigenvalue weighted by Gasteiger charge is 2.08. The Morgan fingerprint density at radius 2 is 2.00 bits per heavy atom. The lowest BCUT2D eigenvalue weighted by Gasteiger charge is -2.11. The summed E-state index contributed by atoms with van der Waals surface area (Å²) in [5.74, 6) is 0.480. The molecular formula is C17H17BrN2O3. The fourth-order valence-corrected chi connectivity index (χ4v) is 2.77. The number of carbonyl (C=O) groups excluding carboxylic acids is 1. The molecule has 6 heteroatoms. The van der Waals surface area contributed by atoms with Crippen LogP contribution in [0.2, 0.25) is 0 Å². The number of benzene rings is 2. The molecule has 2 rings (SSSR count). The van der Waals surface area contributed by atoms with Gasteiger partial charge in [-0.3, -0.25) is 4.79 Å². The Morgan fingerprint density at radius 3 is 2.65 bits per heavy atom. The normalized spacial score (nSPS) is 10.7. The summed E-state index contributed by atoms with van der Waals surface area (Å²) < 4.78 is 6.53. The van der Waals surface area contributed by atoms with Gasteiger partial charge in [-0.1, -0.05) is 28.1 Å². The van der Waals surface area contributed by atoms with Gasteiger partial charge in [0.25, 0.3) is 5.91 Å². The molecule has 0 saturated carbocycles. The van der Waals surface area contributed by atoms with Crippen molar-refractivity contribution in [2.75, 3.05) is 6.61 Å². The second-order valence-corrected chi connectivity index (χ2v) is 5.96. The number of nitrogens with zero attached hydrogens (tertiary/aromatic N) is 1. The van der Waals surface area contributed by atoms with E-state index in [4.69, 9.17) is 4.74 Å². The first-order chi connectivity index (χ1) is 11.0. The molecule has 0 bridgehead atoms. The Balaban J connectivity index is 1.88. The van der Waals surface area contributed by atoms with E-state index in [9.17, 15) is 9.90 Å². The number of hydrazone groups is 1. The fourth-order valence-electron chi connectivity index (χ4n) is 2.08.